The molecule has 2 aromatic carbocycles. The third kappa shape index (κ3) is 4.35. The van der Waals surface area contributed by atoms with Crippen molar-refractivity contribution in [2.45, 2.75) is 13.8 Å². The molecule has 21 heavy (non-hydrogen) atoms. The number of hydrogen-bond donors (Lipinski definition) is 3. The molecule has 0 aliphatic carbocycles. The maximum atomic E-state index is 11.9. The van der Waals surface area contributed by atoms with Gasteiger partial charge in [-0.2, -0.15) is 0 Å². The van der Waals surface area contributed by atoms with Crippen LogP contribution in [0.5, 0.6) is 5.75 Å². The molecule has 0 unspecified atom stereocenters. The summed E-state index contributed by atoms with van der Waals surface area (Å²) in [6.45, 7) is 4.00. The van der Waals surface area contributed by atoms with Crippen molar-refractivity contribution in [1.82, 2.24) is 0 Å². The largest absolute Gasteiger partial charge is 0.508 e. The van der Waals surface area contributed by atoms with Crippen molar-refractivity contribution < 1.29 is 19.8 Å². The van der Waals surface area contributed by atoms with E-state index in [0.29, 0.717) is 5.56 Å². The number of benzene rings is 2. The number of anilines is 1. The summed E-state index contributed by atoms with van der Waals surface area (Å²) in [7, 11) is 0. The molecule has 3 N–H and O–H groups in total. The fourth-order valence-corrected chi connectivity index (χ4v) is 1.59. The second kappa shape index (κ2) is 7.69. The minimum absolute atomic E-state index is 0.0228. The number of aromatic hydroxyl groups is 1. The number of phenolic OH excluding ortho intramolecular Hbond substituents is 1. The summed E-state index contributed by atoms with van der Waals surface area (Å²) in [4.78, 5) is 22.9. The van der Waals surface area contributed by atoms with Crippen LogP contribution in [0.4, 0.5) is 5.69 Å². The van der Waals surface area contributed by atoms with E-state index in [0.717, 1.165) is 0 Å². The van der Waals surface area contributed by atoms with Gasteiger partial charge in [0.1, 0.15) is 5.75 Å². The van der Waals surface area contributed by atoms with E-state index in [4.69, 9.17) is 10.2 Å². The summed E-state index contributed by atoms with van der Waals surface area (Å²) in [6.07, 6.45) is 0. The van der Waals surface area contributed by atoms with Crippen molar-refractivity contribution in [3.05, 3.63) is 59.7 Å². The molecule has 0 spiro atoms. The van der Waals surface area contributed by atoms with Gasteiger partial charge in [-0.3, -0.25) is 4.79 Å². The molecule has 0 aliphatic rings. The number of hydrogen-bond acceptors (Lipinski definition) is 3. The first kappa shape index (κ1) is 16.2. The quantitative estimate of drug-likeness (QED) is 0.807. The minimum Gasteiger partial charge on any atom is -0.508 e. The van der Waals surface area contributed by atoms with Crippen molar-refractivity contribution in [3.8, 4) is 5.75 Å². The van der Waals surface area contributed by atoms with Crippen LogP contribution in [-0.2, 0) is 0 Å². The summed E-state index contributed by atoms with van der Waals surface area (Å²) < 4.78 is 0. The van der Waals surface area contributed by atoms with Gasteiger partial charge in [-0.25, -0.2) is 4.79 Å². The fourth-order valence-electron chi connectivity index (χ4n) is 1.59. The molecule has 0 radical (unpaired) electrons. The Morgan fingerprint density at radius 2 is 1.52 bits per heavy atom. The number of rotatable bonds is 3. The van der Waals surface area contributed by atoms with E-state index in [1.54, 1.807) is 12.1 Å². The number of carbonyl (C=O) groups is 2. The normalized spacial score (nSPS) is 9.24. The van der Waals surface area contributed by atoms with Gasteiger partial charge in [-0.15, -0.1) is 0 Å². The zero-order valence-electron chi connectivity index (χ0n) is 11.8. The second-order valence-corrected chi connectivity index (χ2v) is 3.85. The lowest BCUT2D eigenvalue weighted by molar-refractivity contribution is 0.0698. The molecule has 0 aliphatic heterocycles. The average Bonchev–Trinajstić information content (AvgIpc) is 2.50. The van der Waals surface area contributed by atoms with E-state index in [-0.39, 0.29) is 17.0 Å². The highest BCUT2D eigenvalue weighted by molar-refractivity contribution is 6.07. The third-order valence-electron chi connectivity index (χ3n) is 2.54. The summed E-state index contributed by atoms with van der Waals surface area (Å²) >= 11 is 0. The molecule has 0 fully saturated rings. The van der Waals surface area contributed by atoms with E-state index in [2.05, 4.69) is 5.32 Å². The lowest BCUT2D eigenvalue weighted by atomic mass is 10.1. The Morgan fingerprint density at radius 1 is 0.952 bits per heavy atom. The van der Waals surface area contributed by atoms with Crippen molar-refractivity contribution >= 4 is 17.6 Å². The van der Waals surface area contributed by atoms with E-state index in [1.807, 2.05) is 13.8 Å². The highest BCUT2D eigenvalue weighted by atomic mass is 16.4. The van der Waals surface area contributed by atoms with Crippen LogP contribution < -0.4 is 5.32 Å². The molecule has 1 amide bonds. The highest BCUT2D eigenvalue weighted by Gasteiger charge is 2.12. The average molecular weight is 287 g/mol. The molecule has 0 saturated carbocycles. The number of para-hydroxylation sites is 1. The third-order valence-corrected chi connectivity index (χ3v) is 2.54. The summed E-state index contributed by atoms with van der Waals surface area (Å²) in [5.41, 5.74) is 0.584. The zero-order chi connectivity index (χ0) is 15.8. The Kier molecular flexibility index (Phi) is 5.95. The van der Waals surface area contributed by atoms with E-state index < -0.39 is 11.9 Å². The van der Waals surface area contributed by atoms with Crippen LogP contribution in [0.15, 0.2) is 48.5 Å². The van der Waals surface area contributed by atoms with Crippen molar-refractivity contribution in [1.29, 1.82) is 0 Å². The van der Waals surface area contributed by atoms with Crippen molar-refractivity contribution in [2.24, 2.45) is 0 Å². The van der Waals surface area contributed by atoms with Crippen LogP contribution in [0.3, 0.4) is 0 Å². The maximum absolute atomic E-state index is 11.9. The molecule has 5 nitrogen and oxygen atoms in total. The maximum Gasteiger partial charge on any atom is 0.337 e. The van der Waals surface area contributed by atoms with Crippen LogP contribution in [-0.4, -0.2) is 22.1 Å². The number of phenols is 1. The summed E-state index contributed by atoms with van der Waals surface area (Å²) in [5.74, 6) is -1.49. The Bertz CT molecular complexity index is 620. The molecular formula is C16H17NO4. The van der Waals surface area contributed by atoms with Crippen LogP contribution >= 0.6 is 0 Å². The molecule has 0 aromatic heterocycles. The van der Waals surface area contributed by atoms with Gasteiger partial charge in [-0.1, -0.05) is 26.0 Å². The van der Waals surface area contributed by atoms with Gasteiger partial charge in [0.25, 0.3) is 5.91 Å². The van der Waals surface area contributed by atoms with Gasteiger partial charge in [0.15, 0.2) is 0 Å². The number of aromatic carboxylic acids is 1. The summed E-state index contributed by atoms with van der Waals surface area (Å²) in [6, 6.07) is 11.8. The van der Waals surface area contributed by atoms with Crippen LogP contribution in [0.1, 0.15) is 34.6 Å². The van der Waals surface area contributed by atoms with Gasteiger partial charge in [0.2, 0.25) is 0 Å². The first-order valence-corrected chi connectivity index (χ1v) is 6.50. The molecule has 0 heterocycles. The molecule has 2 rings (SSSR count). The lowest BCUT2D eigenvalue weighted by Crippen LogP contribution is -2.14. The standard InChI is InChI=1S/C14H11NO4.C2H6/c16-10-7-5-9(6-8-10)13(17)15-12-4-2-1-3-11(12)14(18)19;1-2/h1-8,16H,(H,15,17)(H,18,19);1-2H3. The van der Waals surface area contributed by atoms with Gasteiger partial charge in [-0.05, 0) is 36.4 Å². The Balaban J connectivity index is 0.00000106. The van der Waals surface area contributed by atoms with Gasteiger partial charge in [0.05, 0.1) is 11.3 Å². The van der Waals surface area contributed by atoms with Crippen molar-refractivity contribution in [2.75, 3.05) is 5.32 Å². The second-order valence-electron chi connectivity index (χ2n) is 3.85. The fraction of sp³-hybridized carbons (Fsp3) is 0.125. The molecule has 0 saturated heterocycles. The molecule has 0 atom stereocenters. The number of amides is 1. The number of carboxylic acid groups (broad SMARTS) is 1. The predicted octanol–water partition coefficient (Wildman–Crippen LogP) is 3.37. The SMILES string of the molecule is CC.O=C(Nc1ccccc1C(=O)O)c1ccc(O)cc1. The van der Waals surface area contributed by atoms with Gasteiger partial charge >= 0.3 is 5.97 Å². The van der Waals surface area contributed by atoms with Crippen molar-refractivity contribution in [3.63, 3.8) is 0 Å². The summed E-state index contributed by atoms with van der Waals surface area (Å²) in [5, 5.41) is 20.7. The molecule has 5 heteroatoms. The topological polar surface area (TPSA) is 86.6 Å². The van der Waals surface area contributed by atoms with E-state index in [9.17, 15) is 9.59 Å². The first-order valence-electron chi connectivity index (χ1n) is 6.50. The highest BCUT2D eigenvalue weighted by Crippen LogP contribution is 2.17. The predicted molar refractivity (Wildman–Crippen MR) is 80.8 cm³/mol. The molecule has 2 aromatic rings. The van der Waals surface area contributed by atoms with Crippen LogP contribution in [0.25, 0.3) is 0 Å². The number of carbonyl (C=O) groups excluding carboxylic acids is 1. The molecule has 110 valence electrons. The number of nitrogens with one attached hydrogen (secondary N) is 1. The Hall–Kier alpha value is -2.82. The zero-order valence-corrected chi connectivity index (χ0v) is 11.8. The van der Waals surface area contributed by atoms with E-state index >= 15 is 0 Å². The first-order chi connectivity index (χ1) is 10.1. The molecule has 0 bridgehead atoms. The van der Waals surface area contributed by atoms with Crippen LogP contribution in [0, 0.1) is 0 Å². The smallest absolute Gasteiger partial charge is 0.337 e. The minimum atomic E-state index is -1.11. The van der Waals surface area contributed by atoms with Crippen LogP contribution in [0.2, 0.25) is 0 Å². The lowest BCUT2D eigenvalue weighted by Gasteiger charge is -2.08. The van der Waals surface area contributed by atoms with E-state index in [1.165, 1.54) is 36.4 Å². The van der Waals surface area contributed by atoms with Gasteiger partial charge in [0, 0.05) is 5.56 Å². The molecular weight excluding hydrogens is 270 g/mol. The van der Waals surface area contributed by atoms with Gasteiger partial charge < -0.3 is 15.5 Å². The monoisotopic (exact) mass is 287 g/mol. The Morgan fingerprint density at radius 3 is 2.10 bits per heavy atom. The number of carboxylic acids is 1. The Labute approximate surface area is 122 Å².